The number of hydrogen-bond donors (Lipinski definition) is 2. The standard InChI is InChI=1S/C31H25NO5S/c33-30(34)26(18-38-29-15-7-14-28-24(29)16-19-8-1-6-13-27(19)37-28)32-31(35)36-17-25-22-11-4-2-9-20(22)21-10-3-5-12-23(21)25/h1-15,25-26H,16-18H2,(H,32,35)(H,33,34)/t26-/m0/s1. The van der Waals surface area contributed by atoms with Crippen LogP contribution in [0.3, 0.4) is 0 Å². The average Bonchev–Trinajstić information content (AvgIpc) is 3.26. The molecular weight excluding hydrogens is 498 g/mol. The number of carboxylic acid groups (broad SMARTS) is 1. The van der Waals surface area contributed by atoms with E-state index in [-0.39, 0.29) is 18.3 Å². The predicted octanol–water partition coefficient (Wildman–Crippen LogP) is 6.47. The van der Waals surface area contributed by atoms with Crippen molar-refractivity contribution < 1.29 is 24.2 Å². The molecule has 0 radical (unpaired) electrons. The molecule has 0 bridgehead atoms. The summed E-state index contributed by atoms with van der Waals surface area (Å²) in [5.41, 5.74) is 6.57. The van der Waals surface area contributed by atoms with Gasteiger partial charge >= 0.3 is 12.1 Å². The Hall–Kier alpha value is -4.23. The number of carbonyl (C=O) groups excluding carboxylic acids is 1. The van der Waals surface area contributed by atoms with Gasteiger partial charge < -0.3 is 19.9 Å². The van der Waals surface area contributed by atoms with Crippen LogP contribution < -0.4 is 10.1 Å². The third kappa shape index (κ3) is 4.61. The monoisotopic (exact) mass is 523 g/mol. The summed E-state index contributed by atoms with van der Waals surface area (Å²) >= 11 is 1.38. The van der Waals surface area contributed by atoms with Crippen LogP contribution in [0.15, 0.2) is 95.9 Å². The van der Waals surface area contributed by atoms with E-state index in [1.165, 1.54) is 11.8 Å². The molecule has 1 atom stereocenters. The Labute approximate surface area is 224 Å². The Kier molecular flexibility index (Phi) is 6.52. The fourth-order valence-corrected chi connectivity index (χ4v) is 6.23. The molecule has 0 fully saturated rings. The van der Waals surface area contributed by atoms with Gasteiger partial charge in [-0.05, 0) is 46.0 Å². The molecule has 190 valence electrons. The van der Waals surface area contributed by atoms with Crippen molar-refractivity contribution in [1.29, 1.82) is 0 Å². The van der Waals surface area contributed by atoms with Gasteiger partial charge in [-0.2, -0.15) is 0 Å². The minimum absolute atomic E-state index is 0.0930. The number of nitrogens with one attached hydrogen (secondary N) is 1. The van der Waals surface area contributed by atoms with E-state index in [0.717, 1.165) is 49.8 Å². The molecule has 1 amide bonds. The predicted molar refractivity (Wildman–Crippen MR) is 146 cm³/mol. The Bertz CT molecular complexity index is 1490. The summed E-state index contributed by atoms with van der Waals surface area (Å²) in [6.07, 6.45) is -0.0427. The van der Waals surface area contributed by atoms with Gasteiger partial charge in [0, 0.05) is 28.6 Å². The quantitative estimate of drug-likeness (QED) is 0.238. The van der Waals surface area contributed by atoms with E-state index < -0.39 is 18.1 Å². The van der Waals surface area contributed by atoms with Gasteiger partial charge in [0.05, 0.1) is 0 Å². The summed E-state index contributed by atoms with van der Waals surface area (Å²) in [5, 5.41) is 12.3. The zero-order valence-corrected chi connectivity index (χ0v) is 21.2. The number of carboxylic acids is 1. The van der Waals surface area contributed by atoms with Gasteiger partial charge in [0.1, 0.15) is 24.1 Å². The zero-order chi connectivity index (χ0) is 26.1. The van der Waals surface area contributed by atoms with Crippen LogP contribution in [-0.2, 0) is 16.0 Å². The molecule has 6 rings (SSSR count). The second-order valence-electron chi connectivity index (χ2n) is 9.29. The third-order valence-electron chi connectivity index (χ3n) is 6.99. The van der Waals surface area contributed by atoms with Gasteiger partial charge in [-0.1, -0.05) is 72.8 Å². The van der Waals surface area contributed by atoms with Crippen LogP contribution in [-0.4, -0.2) is 35.6 Å². The first-order chi connectivity index (χ1) is 18.6. The molecule has 1 heterocycles. The smallest absolute Gasteiger partial charge is 0.407 e. The maximum absolute atomic E-state index is 12.7. The zero-order valence-electron chi connectivity index (χ0n) is 20.4. The number of thioether (sulfide) groups is 1. The maximum Gasteiger partial charge on any atom is 0.407 e. The van der Waals surface area contributed by atoms with Crippen molar-refractivity contribution in [2.45, 2.75) is 23.3 Å². The molecule has 0 aromatic heterocycles. The second-order valence-corrected chi connectivity index (χ2v) is 10.4. The number of benzene rings is 4. The van der Waals surface area contributed by atoms with E-state index >= 15 is 0 Å². The molecular formula is C31H25NO5S. The molecule has 7 heteroatoms. The number of amides is 1. The number of carbonyl (C=O) groups is 2. The van der Waals surface area contributed by atoms with Crippen molar-refractivity contribution in [2.24, 2.45) is 0 Å². The summed E-state index contributed by atoms with van der Waals surface area (Å²) in [5.74, 6) is 0.548. The topological polar surface area (TPSA) is 84.9 Å². The number of rotatable bonds is 7. The van der Waals surface area contributed by atoms with Crippen molar-refractivity contribution >= 4 is 23.8 Å². The SMILES string of the molecule is O=C(N[C@@H](CSc1cccc2c1Cc1ccccc1O2)C(=O)O)OCC1c2ccccc2-c2ccccc21. The first kappa shape index (κ1) is 24.1. The highest BCUT2D eigenvalue weighted by Gasteiger charge is 2.30. The summed E-state index contributed by atoms with van der Waals surface area (Å²) in [6.45, 7) is 0.127. The summed E-state index contributed by atoms with van der Waals surface area (Å²) < 4.78 is 11.6. The van der Waals surface area contributed by atoms with E-state index in [0.29, 0.717) is 6.42 Å². The number of hydrogen-bond acceptors (Lipinski definition) is 5. The van der Waals surface area contributed by atoms with Crippen LogP contribution in [0.25, 0.3) is 11.1 Å². The Morgan fingerprint density at radius 2 is 1.55 bits per heavy atom. The fraction of sp³-hybridized carbons (Fsp3) is 0.161. The molecule has 0 unspecified atom stereocenters. The fourth-order valence-electron chi connectivity index (χ4n) is 5.14. The van der Waals surface area contributed by atoms with Gasteiger partial charge in [-0.15, -0.1) is 11.8 Å². The van der Waals surface area contributed by atoms with Crippen LogP contribution in [0.1, 0.15) is 28.2 Å². The first-order valence-corrected chi connectivity index (χ1v) is 13.4. The molecule has 2 N–H and O–H groups in total. The lowest BCUT2D eigenvalue weighted by Gasteiger charge is -2.23. The highest BCUT2D eigenvalue weighted by Crippen LogP contribution is 2.44. The number of aliphatic carboxylic acids is 1. The van der Waals surface area contributed by atoms with Gasteiger partial charge in [0.2, 0.25) is 0 Å². The van der Waals surface area contributed by atoms with Crippen LogP contribution in [0, 0.1) is 0 Å². The molecule has 0 spiro atoms. The van der Waals surface area contributed by atoms with Crippen molar-refractivity contribution in [3.63, 3.8) is 0 Å². The molecule has 6 nitrogen and oxygen atoms in total. The first-order valence-electron chi connectivity index (χ1n) is 12.4. The lowest BCUT2D eigenvalue weighted by Crippen LogP contribution is -2.43. The highest BCUT2D eigenvalue weighted by molar-refractivity contribution is 7.99. The van der Waals surface area contributed by atoms with Crippen molar-refractivity contribution in [1.82, 2.24) is 5.32 Å². The normalized spacial score (nSPS) is 13.8. The molecule has 4 aromatic carbocycles. The molecule has 0 saturated carbocycles. The van der Waals surface area contributed by atoms with Crippen molar-refractivity contribution in [3.8, 4) is 22.6 Å². The maximum atomic E-state index is 12.7. The van der Waals surface area contributed by atoms with Crippen LogP contribution in [0.4, 0.5) is 4.79 Å². The van der Waals surface area contributed by atoms with E-state index in [9.17, 15) is 14.7 Å². The number of ether oxygens (including phenoxy) is 2. The third-order valence-corrected chi connectivity index (χ3v) is 8.18. The summed E-state index contributed by atoms with van der Waals surface area (Å²) in [4.78, 5) is 25.6. The van der Waals surface area contributed by atoms with E-state index in [1.54, 1.807) is 0 Å². The minimum atomic E-state index is -1.11. The Balaban J connectivity index is 1.10. The molecule has 1 aliphatic heterocycles. The second kappa shape index (κ2) is 10.3. The lowest BCUT2D eigenvalue weighted by atomic mass is 9.98. The van der Waals surface area contributed by atoms with Crippen molar-refractivity contribution in [3.05, 3.63) is 113 Å². The van der Waals surface area contributed by atoms with E-state index in [4.69, 9.17) is 9.47 Å². The Morgan fingerprint density at radius 1 is 0.895 bits per heavy atom. The molecule has 0 saturated heterocycles. The van der Waals surface area contributed by atoms with E-state index in [1.807, 2.05) is 78.9 Å². The number of alkyl carbamates (subject to hydrolysis) is 1. The molecule has 1 aliphatic carbocycles. The summed E-state index contributed by atoms with van der Waals surface area (Å²) in [6, 6.07) is 28.7. The van der Waals surface area contributed by atoms with E-state index in [2.05, 4.69) is 17.4 Å². The van der Waals surface area contributed by atoms with Gasteiger partial charge in [-0.3, -0.25) is 0 Å². The van der Waals surface area contributed by atoms with Crippen LogP contribution >= 0.6 is 11.8 Å². The highest BCUT2D eigenvalue weighted by atomic mass is 32.2. The van der Waals surface area contributed by atoms with Crippen molar-refractivity contribution in [2.75, 3.05) is 12.4 Å². The molecule has 38 heavy (non-hydrogen) atoms. The van der Waals surface area contributed by atoms with Gasteiger partial charge in [-0.25, -0.2) is 9.59 Å². The van der Waals surface area contributed by atoms with Gasteiger partial charge in [0.15, 0.2) is 0 Å². The number of para-hydroxylation sites is 1. The lowest BCUT2D eigenvalue weighted by molar-refractivity contribution is -0.138. The van der Waals surface area contributed by atoms with Crippen LogP contribution in [0.2, 0.25) is 0 Å². The summed E-state index contributed by atoms with van der Waals surface area (Å²) in [7, 11) is 0. The molecule has 4 aromatic rings. The van der Waals surface area contributed by atoms with Gasteiger partial charge in [0.25, 0.3) is 0 Å². The molecule has 2 aliphatic rings. The largest absolute Gasteiger partial charge is 0.480 e. The average molecular weight is 524 g/mol. The van der Waals surface area contributed by atoms with Crippen LogP contribution in [0.5, 0.6) is 11.5 Å². The number of fused-ring (bicyclic) bond motifs is 5. The minimum Gasteiger partial charge on any atom is -0.480 e. The Morgan fingerprint density at radius 3 is 2.29 bits per heavy atom.